The van der Waals surface area contributed by atoms with Gasteiger partial charge in [-0.1, -0.05) is 6.07 Å². The average molecular weight is 198 g/mol. The summed E-state index contributed by atoms with van der Waals surface area (Å²) in [5.41, 5.74) is 3.07. The summed E-state index contributed by atoms with van der Waals surface area (Å²) in [7, 11) is 0. The predicted octanol–water partition coefficient (Wildman–Crippen LogP) is 2.26. The first-order valence-corrected chi connectivity index (χ1v) is 4.65. The summed E-state index contributed by atoms with van der Waals surface area (Å²) in [5.74, 6) is 0. The SMILES string of the molecule is Cc1cccc(-c2cc(C=O)ccn2)n1. The van der Waals surface area contributed by atoms with Crippen molar-refractivity contribution in [1.82, 2.24) is 9.97 Å². The maximum atomic E-state index is 10.6. The number of hydrogen-bond donors (Lipinski definition) is 0. The van der Waals surface area contributed by atoms with Gasteiger partial charge >= 0.3 is 0 Å². The normalized spacial score (nSPS) is 9.93. The third kappa shape index (κ3) is 2.07. The summed E-state index contributed by atoms with van der Waals surface area (Å²) in [6, 6.07) is 9.13. The highest BCUT2D eigenvalue weighted by atomic mass is 16.1. The second-order valence-electron chi connectivity index (χ2n) is 3.26. The number of aryl methyl sites for hydroxylation is 1. The van der Waals surface area contributed by atoms with Crippen LogP contribution in [0.15, 0.2) is 36.5 Å². The molecule has 0 unspecified atom stereocenters. The van der Waals surface area contributed by atoms with E-state index in [0.29, 0.717) is 5.56 Å². The van der Waals surface area contributed by atoms with E-state index in [1.54, 1.807) is 18.3 Å². The van der Waals surface area contributed by atoms with Crippen molar-refractivity contribution in [3.63, 3.8) is 0 Å². The fraction of sp³-hybridized carbons (Fsp3) is 0.0833. The second kappa shape index (κ2) is 4.00. The van der Waals surface area contributed by atoms with Crippen molar-refractivity contribution in [1.29, 1.82) is 0 Å². The Morgan fingerprint density at radius 2 is 2.07 bits per heavy atom. The van der Waals surface area contributed by atoms with Crippen LogP contribution < -0.4 is 0 Å². The Labute approximate surface area is 87.8 Å². The van der Waals surface area contributed by atoms with Crippen LogP contribution in [0.5, 0.6) is 0 Å². The number of pyridine rings is 2. The highest BCUT2D eigenvalue weighted by Gasteiger charge is 2.01. The van der Waals surface area contributed by atoms with E-state index in [4.69, 9.17) is 0 Å². The van der Waals surface area contributed by atoms with E-state index in [-0.39, 0.29) is 0 Å². The van der Waals surface area contributed by atoms with E-state index >= 15 is 0 Å². The zero-order valence-electron chi connectivity index (χ0n) is 8.34. The van der Waals surface area contributed by atoms with Gasteiger partial charge in [0.1, 0.15) is 6.29 Å². The molecule has 74 valence electrons. The summed E-state index contributed by atoms with van der Waals surface area (Å²) < 4.78 is 0. The third-order valence-electron chi connectivity index (χ3n) is 2.07. The zero-order chi connectivity index (χ0) is 10.7. The Hall–Kier alpha value is -2.03. The standard InChI is InChI=1S/C12H10N2O/c1-9-3-2-4-11(14-9)12-7-10(8-15)5-6-13-12/h2-8H,1H3. The average Bonchev–Trinajstić information content (AvgIpc) is 2.29. The van der Waals surface area contributed by atoms with Crippen LogP contribution in [0, 0.1) is 6.92 Å². The molecule has 0 saturated heterocycles. The third-order valence-corrected chi connectivity index (χ3v) is 2.07. The van der Waals surface area contributed by atoms with Crippen LogP contribution >= 0.6 is 0 Å². The number of nitrogens with zero attached hydrogens (tertiary/aromatic N) is 2. The lowest BCUT2D eigenvalue weighted by atomic mass is 10.2. The van der Waals surface area contributed by atoms with Gasteiger partial charge in [0, 0.05) is 17.5 Å². The summed E-state index contributed by atoms with van der Waals surface area (Å²) in [4.78, 5) is 19.1. The molecule has 3 nitrogen and oxygen atoms in total. The fourth-order valence-electron chi connectivity index (χ4n) is 1.35. The Bertz CT molecular complexity index is 494. The van der Waals surface area contributed by atoms with Crippen LogP contribution in [0.1, 0.15) is 16.1 Å². The van der Waals surface area contributed by atoms with Gasteiger partial charge in [-0.05, 0) is 31.2 Å². The van der Waals surface area contributed by atoms with Crippen LogP contribution in [-0.4, -0.2) is 16.3 Å². The molecule has 2 aromatic heterocycles. The number of aromatic nitrogens is 2. The van der Waals surface area contributed by atoms with Gasteiger partial charge in [0.2, 0.25) is 0 Å². The van der Waals surface area contributed by atoms with Gasteiger partial charge in [0.05, 0.1) is 11.4 Å². The first-order chi connectivity index (χ1) is 7.29. The van der Waals surface area contributed by atoms with Crippen LogP contribution in [0.25, 0.3) is 11.4 Å². The van der Waals surface area contributed by atoms with Gasteiger partial charge in [-0.3, -0.25) is 14.8 Å². The molecule has 15 heavy (non-hydrogen) atoms. The number of aldehydes is 1. The molecule has 0 aliphatic rings. The van der Waals surface area contributed by atoms with Crippen molar-refractivity contribution in [2.75, 3.05) is 0 Å². The lowest BCUT2D eigenvalue weighted by Gasteiger charge is -2.01. The lowest BCUT2D eigenvalue weighted by Crippen LogP contribution is -1.90. The molecule has 0 aromatic carbocycles. The van der Waals surface area contributed by atoms with Crippen LogP contribution in [0.4, 0.5) is 0 Å². The monoisotopic (exact) mass is 198 g/mol. The van der Waals surface area contributed by atoms with Crippen molar-refractivity contribution < 1.29 is 4.79 Å². The highest BCUT2D eigenvalue weighted by Crippen LogP contribution is 2.14. The van der Waals surface area contributed by atoms with E-state index in [1.165, 1.54) is 0 Å². The van der Waals surface area contributed by atoms with Crippen molar-refractivity contribution in [2.45, 2.75) is 6.92 Å². The molecule has 0 spiro atoms. The van der Waals surface area contributed by atoms with Gasteiger partial charge in [0.25, 0.3) is 0 Å². The molecule has 2 rings (SSSR count). The number of carbonyl (C=O) groups is 1. The quantitative estimate of drug-likeness (QED) is 0.695. The molecular weight excluding hydrogens is 188 g/mol. The molecule has 0 bridgehead atoms. The maximum absolute atomic E-state index is 10.6. The number of hydrogen-bond acceptors (Lipinski definition) is 3. The van der Waals surface area contributed by atoms with Gasteiger partial charge in [0.15, 0.2) is 0 Å². The molecule has 3 heteroatoms. The van der Waals surface area contributed by atoms with Crippen LogP contribution in [0.3, 0.4) is 0 Å². The highest BCUT2D eigenvalue weighted by molar-refractivity contribution is 5.76. The van der Waals surface area contributed by atoms with Crippen LogP contribution in [-0.2, 0) is 0 Å². The molecule has 0 fully saturated rings. The summed E-state index contributed by atoms with van der Waals surface area (Å²) in [6.45, 7) is 1.92. The first kappa shape index (κ1) is 9.52. The van der Waals surface area contributed by atoms with Gasteiger partial charge in [-0.2, -0.15) is 0 Å². The van der Waals surface area contributed by atoms with Crippen LogP contribution in [0.2, 0.25) is 0 Å². The maximum Gasteiger partial charge on any atom is 0.150 e. The van der Waals surface area contributed by atoms with E-state index in [9.17, 15) is 4.79 Å². The van der Waals surface area contributed by atoms with E-state index in [2.05, 4.69) is 9.97 Å². The zero-order valence-corrected chi connectivity index (χ0v) is 8.34. The first-order valence-electron chi connectivity index (χ1n) is 4.65. The van der Waals surface area contributed by atoms with Crippen molar-refractivity contribution >= 4 is 6.29 Å². The molecule has 0 aliphatic carbocycles. The Kier molecular flexibility index (Phi) is 2.54. The molecule has 0 N–H and O–H groups in total. The lowest BCUT2D eigenvalue weighted by molar-refractivity contribution is 0.112. The van der Waals surface area contributed by atoms with Crippen molar-refractivity contribution in [3.8, 4) is 11.4 Å². The second-order valence-corrected chi connectivity index (χ2v) is 3.26. The molecule has 0 aliphatic heterocycles. The molecule has 0 saturated carbocycles. The smallest absolute Gasteiger partial charge is 0.150 e. The van der Waals surface area contributed by atoms with Crippen molar-refractivity contribution in [3.05, 3.63) is 47.8 Å². The Balaban J connectivity index is 2.49. The molecule has 0 amide bonds. The summed E-state index contributed by atoms with van der Waals surface area (Å²) in [6.07, 6.45) is 2.42. The van der Waals surface area contributed by atoms with E-state index < -0.39 is 0 Å². The number of carbonyl (C=O) groups excluding carboxylic acids is 1. The topological polar surface area (TPSA) is 42.9 Å². The minimum atomic E-state index is 0.614. The largest absolute Gasteiger partial charge is 0.298 e. The molecular formula is C12H10N2O. The Morgan fingerprint density at radius 1 is 1.20 bits per heavy atom. The molecule has 2 heterocycles. The fourth-order valence-corrected chi connectivity index (χ4v) is 1.35. The minimum absolute atomic E-state index is 0.614. The van der Waals surface area contributed by atoms with E-state index in [0.717, 1.165) is 23.4 Å². The van der Waals surface area contributed by atoms with E-state index in [1.807, 2.05) is 25.1 Å². The molecule has 0 radical (unpaired) electrons. The van der Waals surface area contributed by atoms with Crippen molar-refractivity contribution in [2.24, 2.45) is 0 Å². The molecule has 0 atom stereocenters. The van der Waals surface area contributed by atoms with Gasteiger partial charge in [-0.15, -0.1) is 0 Å². The number of rotatable bonds is 2. The summed E-state index contributed by atoms with van der Waals surface area (Å²) in [5, 5.41) is 0. The Morgan fingerprint density at radius 3 is 2.80 bits per heavy atom. The predicted molar refractivity (Wildman–Crippen MR) is 57.6 cm³/mol. The van der Waals surface area contributed by atoms with Gasteiger partial charge < -0.3 is 0 Å². The van der Waals surface area contributed by atoms with Gasteiger partial charge in [-0.25, -0.2) is 0 Å². The molecule has 2 aromatic rings. The summed E-state index contributed by atoms with van der Waals surface area (Å²) >= 11 is 0. The minimum Gasteiger partial charge on any atom is -0.298 e.